The molecule has 0 aromatic carbocycles. The zero-order valence-corrected chi connectivity index (χ0v) is 11.1. The van der Waals surface area contributed by atoms with Gasteiger partial charge in [-0.25, -0.2) is 4.98 Å². The third-order valence-corrected chi connectivity index (χ3v) is 2.88. The number of hydrogen-bond donors (Lipinski definition) is 1. The number of ether oxygens (including phenoxy) is 1. The van der Waals surface area contributed by atoms with Crippen molar-refractivity contribution in [3.8, 4) is 5.88 Å². The molecule has 6 heteroatoms. The third-order valence-electron chi connectivity index (χ3n) is 2.88. The number of aromatic nitrogens is 2. The fourth-order valence-electron chi connectivity index (χ4n) is 1.81. The van der Waals surface area contributed by atoms with Crippen LogP contribution in [0, 0.1) is 0 Å². The maximum atomic E-state index is 10.7. The van der Waals surface area contributed by atoms with Crippen molar-refractivity contribution < 1.29 is 14.6 Å². The van der Waals surface area contributed by atoms with E-state index in [1.807, 2.05) is 11.8 Å². The van der Waals surface area contributed by atoms with Crippen molar-refractivity contribution in [2.75, 3.05) is 18.1 Å². The molecule has 0 aliphatic heterocycles. The first-order valence-electron chi connectivity index (χ1n) is 6.65. The number of carbonyl (C=O) groups is 1. The molecule has 1 saturated carbocycles. The Balaban J connectivity index is 2.05. The summed E-state index contributed by atoms with van der Waals surface area (Å²) in [5.41, 5.74) is 0. The molecule has 0 atom stereocenters. The van der Waals surface area contributed by atoms with Crippen LogP contribution in [0.1, 0.15) is 32.6 Å². The monoisotopic (exact) mass is 265 g/mol. The number of carboxylic acid groups (broad SMARTS) is 1. The first-order chi connectivity index (χ1) is 9.20. The number of nitrogens with zero attached hydrogens (tertiary/aromatic N) is 3. The fraction of sp³-hybridized carbons (Fsp3) is 0.615. The average molecular weight is 265 g/mol. The molecule has 1 aliphatic rings. The molecular formula is C13H19N3O3. The van der Waals surface area contributed by atoms with E-state index in [2.05, 4.69) is 9.97 Å². The normalized spacial score (nSPS) is 14.2. The minimum atomic E-state index is -0.802. The zero-order valence-electron chi connectivity index (χ0n) is 11.1. The van der Waals surface area contributed by atoms with Gasteiger partial charge in [-0.05, 0) is 19.3 Å². The van der Waals surface area contributed by atoms with Gasteiger partial charge in [0.1, 0.15) is 0 Å². The highest BCUT2D eigenvalue weighted by molar-refractivity contribution is 5.67. The summed E-state index contributed by atoms with van der Waals surface area (Å²) in [6, 6.07) is 2.10. The van der Waals surface area contributed by atoms with Gasteiger partial charge in [0.2, 0.25) is 11.8 Å². The van der Waals surface area contributed by atoms with E-state index < -0.39 is 5.97 Å². The molecule has 1 aromatic rings. The van der Waals surface area contributed by atoms with Gasteiger partial charge in [0.25, 0.3) is 0 Å². The van der Waals surface area contributed by atoms with Gasteiger partial charge in [0, 0.05) is 24.8 Å². The molecular weight excluding hydrogens is 246 g/mol. The zero-order chi connectivity index (χ0) is 13.7. The number of carboxylic acids is 1. The van der Waals surface area contributed by atoms with Crippen molar-refractivity contribution in [2.45, 2.75) is 38.6 Å². The van der Waals surface area contributed by atoms with E-state index in [4.69, 9.17) is 9.84 Å². The fourth-order valence-corrected chi connectivity index (χ4v) is 1.81. The van der Waals surface area contributed by atoms with Crippen LogP contribution >= 0.6 is 0 Å². The van der Waals surface area contributed by atoms with Crippen LogP contribution in [0.25, 0.3) is 0 Å². The van der Waals surface area contributed by atoms with Gasteiger partial charge in [-0.1, -0.05) is 6.92 Å². The van der Waals surface area contributed by atoms with Crippen LogP contribution in [0.2, 0.25) is 0 Å². The smallest absolute Gasteiger partial charge is 0.305 e. The Bertz CT molecular complexity index is 435. The molecule has 0 radical (unpaired) electrons. The molecule has 2 rings (SSSR count). The Hall–Kier alpha value is -1.85. The summed E-state index contributed by atoms with van der Waals surface area (Å²) in [7, 11) is 0. The molecule has 19 heavy (non-hydrogen) atoms. The van der Waals surface area contributed by atoms with Gasteiger partial charge >= 0.3 is 5.97 Å². The third kappa shape index (κ3) is 4.08. The van der Waals surface area contributed by atoms with Crippen LogP contribution < -0.4 is 9.64 Å². The lowest BCUT2D eigenvalue weighted by molar-refractivity contribution is -0.136. The second-order valence-electron chi connectivity index (χ2n) is 4.61. The lowest BCUT2D eigenvalue weighted by atomic mass is 10.4. The molecule has 0 bridgehead atoms. The van der Waals surface area contributed by atoms with Crippen molar-refractivity contribution in [1.29, 1.82) is 0 Å². The van der Waals surface area contributed by atoms with Crippen LogP contribution in [-0.2, 0) is 4.79 Å². The van der Waals surface area contributed by atoms with E-state index >= 15 is 0 Å². The van der Waals surface area contributed by atoms with E-state index in [-0.39, 0.29) is 6.42 Å². The second-order valence-corrected chi connectivity index (χ2v) is 4.61. The van der Waals surface area contributed by atoms with Crippen LogP contribution in [0.3, 0.4) is 0 Å². The first kappa shape index (κ1) is 13.6. The van der Waals surface area contributed by atoms with Crippen molar-refractivity contribution in [3.05, 3.63) is 12.3 Å². The van der Waals surface area contributed by atoms with E-state index in [0.717, 1.165) is 19.3 Å². The summed E-state index contributed by atoms with van der Waals surface area (Å²) in [5, 5.41) is 8.79. The topological polar surface area (TPSA) is 75.5 Å². The summed E-state index contributed by atoms with van der Waals surface area (Å²) < 4.78 is 5.48. The van der Waals surface area contributed by atoms with Gasteiger partial charge in [-0.3, -0.25) is 4.79 Å². The second kappa shape index (κ2) is 6.36. The summed E-state index contributed by atoms with van der Waals surface area (Å²) >= 11 is 0. The van der Waals surface area contributed by atoms with E-state index in [0.29, 0.717) is 31.0 Å². The van der Waals surface area contributed by atoms with Crippen molar-refractivity contribution >= 4 is 11.9 Å². The Morgan fingerprint density at radius 2 is 2.37 bits per heavy atom. The van der Waals surface area contributed by atoms with Crippen molar-refractivity contribution in [3.63, 3.8) is 0 Å². The highest BCUT2D eigenvalue weighted by Crippen LogP contribution is 2.30. The lowest BCUT2D eigenvalue weighted by Gasteiger charge is -2.21. The molecule has 1 aliphatic carbocycles. The van der Waals surface area contributed by atoms with Crippen molar-refractivity contribution in [2.24, 2.45) is 0 Å². The van der Waals surface area contributed by atoms with Gasteiger partial charge in [0.05, 0.1) is 13.0 Å². The minimum Gasteiger partial charge on any atom is -0.481 e. The number of anilines is 1. The largest absolute Gasteiger partial charge is 0.481 e. The molecule has 1 N–H and O–H groups in total. The van der Waals surface area contributed by atoms with Gasteiger partial charge in [-0.15, -0.1) is 0 Å². The maximum absolute atomic E-state index is 10.7. The van der Waals surface area contributed by atoms with E-state index in [9.17, 15) is 4.79 Å². The molecule has 0 unspecified atom stereocenters. The van der Waals surface area contributed by atoms with Crippen LogP contribution in [0.4, 0.5) is 5.95 Å². The predicted octanol–water partition coefficient (Wildman–Crippen LogP) is 1.71. The first-order valence-corrected chi connectivity index (χ1v) is 6.65. The summed E-state index contributed by atoms with van der Waals surface area (Å²) in [5.74, 6) is 0.314. The number of rotatable bonds is 8. The molecule has 0 amide bonds. The summed E-state index contributed by atoms with van der Waals surface area (Å²) in [6.07, 6.45) is 4.82. The Kier molecular flexibility index (Phi) is 4.54. The van der Waals surface area contributed by atoms with Gasteiger partial charge in [0.15, 0.2) is 0 Å². The van der Waals surface area contributed by atoms with E-state index in [1.54, 1.807) is 12.3 Å². The van der Waals surface area contributed by atoms with E-state index in [1.165, 1.54) is 0 Å². The minimum absolute atomic E-state index is 0.0971. The van der Waals surface area contributed by atoms with Crippen molar-refractivity contribution in [1.82, 2.24) is 9.97 Å². The van der Waals surface area contributed by atoms with Crippen LogP contribution in [-0.4, -0.2) is 40.2 Å². The quantitative estimate of drug-likeness (QED) is 0.771. The summed E-state index contributed by atoms with van der Waals surface area (Å²) in [6.45, 7) is 3.09. The highest BCUT2D eigenvalue weighted by Gasteiger charge is 2.31. The SMILES string of the molecule is CCCOc1ccnc(N(CCC(=O)O)C2CC2)n1. The van der Waals surface area contributed by atoms with Crippen LogP contribution in [0.5, 0.6) is 5.88 Å². The molecule has 104 valence electrons. The number of hydrogen-bond acceptors (Lipinski definition) is 5. The molecule has 1 aromatic heterocycles. The predicted molar refractivity (Wildman–Crippen MR) is 70.4 cm³/mol. The molecule has 0 saturated heterocycles. The lowest BCUT2D eigenvalue weighted by Crippen LogP contribution is -2.30. The van der Waals surface area contributed by atoms with Gasteiger partial charge in [-0.2, -0.15) is 4.98 Å². The average Bonchev–Trinajstić information content (AvgIpc) is 3.21. The standard InChI is InChI=1S/C13H19N3O3/c1-2-9-19-11-5-7-14-13(15-11)16(10-3-4-10)8-6-12(17)18/h5,7,10H,2-4,6,8-9H2,1H3,(H,17,18). The maximum Gasteiger partial charge on any atom is 0.305 e. The van der Waals surface area contributed by atoms with Crippen LogP contribution in [0.15, 0.2) is 12.3 Å². The Morgan fingerprint density at radius 1 is 1.58 bits per heavy atom. The Labute approximate surface area is 112 Å². The molecule has 0 spiro atoms. The molecule has 1 fully saturated rings. The highest BCUT2D eigenvalue weighted by atomic mass is 16.5. The summed E-state index contributed by atoms with van der Waals surface area (Å²) in [4.78, 5) is 21.2. The van der Waals surface area contributed by atoms with Gasteiger partial charge < -0.3 is 14.7 Å². The number of aliphatic carboxylic acids is 1. The molecule has 1 heterocycles. The molecule has 6 nitrogen and oxygen atoms in total. The Morgan fingerprint density at radius 3 is 3.00 bits per heavy atom.